The summed E-state index contributed by atoms with van der Waals surface area (Å²) in [5.74, 6) is -0.754. The lowest BCUT2D eigenvalue weighted by atomic mass is 10.1. The molecule has 94 valence electrons. The highest BCUT2D eigenvalue weighted by molar-refractivity contribution is 9.10. The first-order valence-corrected chi connectivity index (χ1v) is 5.65. The molecular weight excluding hydrogens is 298 g/mol. The number of pyridine rings is 1. The van der Waals surface area contributed by atoms with Gasteiger partial charge in [-0.25, -0.2) is 18.6 Å². The fourth-order valence-corrected chi connectivity index (χ4v) is 1.82. The average Bonchev–Trinajstić information content (AvgIpc) is 2.28. The Kier molecular flexibility index (Phi) is 4.95. The summed E-state index contributed by atoms with van der Waals surface area (Å²) in [6.07, 6.45) is -2.76. The van der Waals surface area contributed by atoms with Gasteiger partial charge in [0.1, 0.15) is 5.69 Å². The van der Waals surface area contributed by atoms with Crippen LogP contribution in [0.4, 0.5) is 8.78 Å². The minimum atomic E-state index is -2.76. The van der Waals surface area contributed by atoms with E-state index in [1.807, 2.05) is 0 Å². The van der Waals surface area contributed by atoms with E-state index in [9.17, 15) is 13.6 Å². The van der Waals surface area contributed by atoms with Crippen LogP contribution in [0, 0.1) is 0 Å². The molecule has 4 nitrogen and oxygen atoms in total. The number of esters is 1. The van der Waals surface area contributed by atoms with E-state index in [1.165, 1.54) is 0 Å². The molecular formula is C10H11BrF2N2O2. The standard InChI is InChI=1S/C10H11BrF2N2O2/c1-2-17-10(16)8-5(4-14)6(11)3-7(15-8)9(12)13/h3,9H,2,4,14H2,1H3. The summed E-state index contributed by atoms with van der Waals surface area (Å²) in [5, 5.41) is 0. The Hall–Kier alpha value is -1.08. The number of nitrogens with two attached hydrogens (primary N) is 1. The lowest BCUT2D eigenvalue weighted by molar-refractivity contribution is 0.0516. The van der Waals surface area contributed by atoms with E-state index in [0.717, 1.165) is 6.07 Å². The molecule has 0 bridgehead atoms. The number of nitrogens with zero attached hydrogens (tertiary/aromatic N) is 1. The molecule has 1 aromatic heterocycles. The molecule has 0 fully saturated rings. The first-order valence-electron chi connectivity index (χ1n) is 4.85. The van der Waals surface area contributed by atoms with E-state index >= 15 is 0 Å². The molecule has 1 heterocycles. The second-order valence-corrected chi connectivity index (χ2v) is 3.94. The molecule has 2 N–H and O–H groups in total. The Labute approximate surface area is 105 Å². The van der Waals surface area contributed by atoms with E-state index < -0.39 is 18.1 Å². The molecule has 7 heteroatoms. The van der Waals surface area contributed by atoms with Crippen LogP contribution in [0.5, 0.6) is 0 Å². The molecule has 0 saturated carbocycles. The zero-order valence-corrected chi connectivity index (χ0v) is 10.6. The summed E-state index contributed by atoms with van der Waals surface area (Å²) in [7, 11) is 0. The van der Waals surface area contributed by atoms with Crippen molar-refractivity contribution < 1.29 is 18.3 Å². The molecule has 0 amide bonds. The van der Waals surface area contributed by atoms with E-state index in [0.29, 0.717) is 10.0 Å². The molecule has 0 saturated heterocycles. The summed E-state index contributed by atoms with van der Waals surface area (Å²) < 4.78 is 30.2. The van der Waals surface area contributed by atoms with Gasteiger partial charge in [0.25, 0.3) is 6.43 Å². The number of hydrogen-bond donors (Lipinski definition) is 1. The van der Waals surface area contributed by atoms with Crippen LogP contribution >= 0.6 is 15.9 Å². The topological polar surface area (TPSA) is 65.2 Å². The van der Waals surface area contributed by atoms with Gasteiger partial charge >= 0.3 is 5.97 Å². The first-order chi connectivity index (χ1) is 8.01. The first kappa shape index (κ1) is 14.0. The van der Waals surface area contributed by atoms with Gasteiger partial charge in [0.2, 0.25) is 0 Å². The van der Waals surface area contributed by atoms with Gasteiger partial charge in [-0.05, 0) is 13.0 Å². The van der Waals surface area contributed by atoms with Gasteiger partial charge in [0.15, 0.2) is 5.69 Å². The van der Waals surface area contributed by atoms with Crippen molar-refractivity contribution in [3.05, 3.63) is 27.5 Å². The number of ether oxygens (including phenoxy) is 1. The van der Waals surface area contributed by atoms with Gasteiger partial charge in [0.05, 0.1) is 6.61 Å². The Bertz CT molecular complexity index is 427. The lowest BCUT2D eigenvalue weighted by Crippen LogP contribution is -2.15. The number of carbonyl (C=O) groups excluding carboxylic acids is 1. The van der Waals surface area contributed by atoms with Crippen LogP contribution in [0.1, 0.15) is 35.1 Å². The van der Waals surface area contributed by atoms with E-state index in [4.69, 9.17) is 10.5 Å². The Balaban J connectivity index is 3.28. The highest BCUT2D eigenvalue weighted by atomic mass is 79.9. The van der Waals surface area contributed by atoms with Crippen LogP contribution in [0.2, 0.25) is 0 Å². The zero-order chi connectivity index (χ0) is 13.0. The fraction of sp³-hybridized carbons (Fsp3) is 0.400. The smallest absolute Gasteiger partial charge is 0.357 e. The SMILES string of the molecule is CCOC(=O)c1nc(C(F)F)cc(Br)c1CN. The maximum absolute atomic E-state index is 12.5. The molecule has 0 aliphatic carbocycles. The number of alkyl halides is 2. The van der Waals surface area contributed by atoms with Crippen molar-refractivity contribution in [2.45, 2.75) is 19.9 Å². The highest BCUT2D eigenvalue weighted by Gasteiger charge is 2.21. The molecule has 1 rings (SSSR count). The van der Waals surface area contributed by atoms with Crippen LogP contribution in [-0.4, -0.2) is 17.6 Å². The van der Waals surface area contributed by atoms with E-state index in [2.05, 4.69) is 20.9 Å². The quantitative estimate of drug-likeness (QED) is 0.868. The van der Waals surface area contributed by atoms with Crippen molar-refractivity contribution >= 4 is 21.9 Å². The van der Waals surface area contributed by atoms with Crippen molar-refractivity contribution in [2.75, 3.05) is 6.61 Å². The van der Waals surface area contributed by atoms with Gasteiger partial charge in [-0.1, -0.05) is 15.9 Å². The number of halogens is 3. The summed E-state index contributed by atoms with van der Waals surface area (Å²) in [4.78, 5) is 15.1. The summed E-state index contributed by atoms with van der Waals surface area (Å²) >= 11 is 3.08. The maximum Gasteiger partial charge on any atom is 0.357 e. The number of carbonyl (C=O) groups is 1. The maximum atomic E-state index is 12.5. The minimum absolute atomic E-state index is 0.00521. The third-order valence-electron chi connectivity index (χ3n) is 1.99. The number of aromatic nitrogens is 1. The summed E-state index contributed by atoms with van der Waals surface area (Å²) in [6, 6.07) is 1.15. The number of hydrogen-bond acceptors (Lipinski definition) is 4. The Morgan fingerprint density at radius 2 is 2.29 bits per heavy atom. The second kappa shape index (κ2) is 6.02. The molecule has 1 aromatic rings. The van der Waals surface area contributed by atoms with Crippen molar-refractivity contribution in [3.8, 4) is 0 Å². The number of rotatable bonds is 4. The molecule has 0 spiro atoms. The van der Waals surface area contributed by atoms with Crippen LogP contribution < -0.4 is 5.73 Å². The van der Waals surface area contributed by atoms with Gasteiger partial charge in [-0.3, -0.25) is 0 Å². The van der Waals surface area contributed by atoms with Gasteiger partial charge in [-0.15, -0.1) is 0 Å². The van der Waals surface area contributed by atoms with Crippen LogP contribution in [0.15, 0.2) is 10.5 Å². The lowest BCUT2D eigenvalue weighted by Gasteiger charge is -2.10. The van der Waals surface area contributed by atoms with Crippen LogP contribution in [0.3, 0.4) is 0 Å². The monoisotopic (exact) mass is 308 g/mol. The largest absolute Gasteiger partial charge is 0.461 e. The van der Waals surface area contributed by atoms with Gasteiger partial charge in [-0.2, -0.15) is 0 Å². The molecule has 0 atom stereocenters. The normalized spacial score (nSPS) is 10.7. The zero-order valence-electron chi connectivity index (χ0n) is 9.04. The minimum Gasteiger partial charge on any atom is -0.461 e. The Morgan fingerprint density at radius 3 is 2.76 bits per heavy atom. The fourth-order valence-electron chi connectivity index (χ4n) is 1.23. The van der Waals surface area contributed by atoms with Crippen LogP contribution in [0.25, 0.3) is 0 Å². The molecule has 0 aliphatic heterocycles. The predicted octanol–water partition coefficient (Wildman–Crippen LogP) is 2.42. The van der Waals surface area contributed by atoms with Crippen molar-refractivity contribution in [1.82, 2.24) is 4.98 Å². The summed E-state index contributed by atoms with van der Waals surface area (Å²) in [6.45, 7) is 1.76. The summed E-state index contributed by atoms with van der Waals surface area (Å²) in [5.41, 5.74) is 5.14. The average molecular weight is 309 g/mol. The van der Waals surface area contributed by atoms with Gasteiger partial charge in [0, 0.05) is 16.6 Å². The third kappa shape index (κ3) is 3.19. The van der Waals surface area contributed by atoms with E-state index in [-0.39, 0.29) is 18.8 Å². The Morgan fingerprint density at radius 1 is 1.65 bits per heavy atom. The third-order valence-corrected chi connectivity index (χ3v) is 2.69. The van der Waals surface area contributed by atoms with Crippen molar-refractivity contribution in [2.24, 2.45) is 5.73 Å². The molecule has 0 radical (unpaired) electrons. The molecule has 0 unspecified atom stereocenters. The highest BCUT2D eigenvalue weighted by Crippen LogP contribution is 2.26. The predicted molar refractivity (Wildman–Crippen MR) is 60.7 cm³/mol. The second-order valence-electron chi connectivity index (χ2n) is 3.08. The van der Waals surface area contributed by atoms with Crippen molar-refractivity contribution in [3.63, 3.8) is 0 Å². The molecule has 0 aromatic carbocycles. The van der Waals surface area contributed by atoms with Gasteiger partial charge < -0.3 is 10.5 Å². The molecule has 0 aliphatic rings. The van der Waals surface area contributed by atoms with Crippen molar-refractivity contribution in [1.29, 1.82) is 0 Å². The van der Waals surface area contributed by atoms with Crippen LogP contribution in [-0.2, 0) is 11.3 Å². The van der Waals surface area contributed by atoms with E-state index in [1.54, 1.807) is 6.92 Å². The molecule has 17 heavy (non-hydrogen) atoms.